The molecule has 1 unspecified atom stereocenters. The van der Waals surface area contributed by atoms with Crippen molar-refractivity contribution in [1.82, 2.24) is 10.2 Å². The van der Waals surface area contributed by atoms with E-state index in [9.17, 15) is 4.79 Å². The van der Waals surface area contributed by atoms with E-state index in [4.69, 9.17) is 5.73 Å². The van der Waals surface area contributed by atoms with Crippen molar-refractivity contribution in [3.63, 3.8) is 0 Å². The van der Waals surface area contributed by atoms with E-state index < -0.39 is 5.54 Å². The fourth-order valence-electron chi connectivity index (χ4n) is 3.02. The van der Waals surface area contributed by atoms with Gasteiger partial charge in [-0.1, -0.05) is 19.3 Å². The number of nitrogens with two attached hydrogens (primary N) is 1. The highest BCUT2D eigenvalue weighted by molar-refractivity contribution is 5.88. The molecule has 0 aromatic rings. The van der Waals surface area contributed by atoms with Gasteiger partial charge in [-0.25, -0.2) is 0 Å². The lowest BCUT2D eigenvalue weighted by Crippen LogP contribution is -2.50. The molecular weight excluding hydrogens is 226 g/mol. The third-order valence-electron chi connectivity index (χ3n) is 4.57. The van der Waals surface area contributed by atoms with E-state index in [1.165, 1.54) is 32.1 Å². The van der Waals surface area contributed by atoms with E-state index in [1.54, 1.807) is 0 Å². The molecule has 2 fully saturated rings. The number of likely N-dealkylation sites (N-methyl/N-ethyl adjacent to an activating group) is 1. The molecule has 4 heteroatoms. The Morgan fingerprint density at radius 3 is 2.44 bits per heavy atom. The van der Waals surface area contributed by atoms with Crippen LogP contribution in [0, 0.1) is 5.92 Å². The first-order valence-corrected chi connectivity index (χ1v) is 7.26. The fourth-order valence-corrected chi connectivity index (χ4v) is 3.02. The van der Waals surface area contributed by atoms with Crippen molar-refractivity contribution in [2.24, 2.45) is 11.7 Å². The van der Waals surface area contributed by atoms with Crippen molar-refractivity contribution >= 4 is 5.91 Å². The second kappa shape index (κ2) is 5.57. The van der Waals surface area contributed by atoms with E-state index in [0.29, 0.717) is 6.04 Å². The van der Waals surface area contributed by atoms with Gasteiger partial charge in [-0.15, -0.1) is 0 Å². The maximum atomic E-state index is 11.9. The molecular formula is C14H27N3O. The molecule has 0 heterocycles. The molecule has 2 aliphatic carbocycles. The number of nitrogens with one attached hydrogen (secondary N) is 1. The van der Waals surface area contributed by atoms with Crippen LogP contribution in [0.4, 0.5) is 0 Å². The second-order valence-corrected chi connectivity index (χ2v) is 6.30. The van der Waals surface area contributed by atoms with Crippen molar-refractivity contribution in [3.05, 3.63) is 0 Å². The van der Waals surface area contributed by atoms with Gasteiger partial charge in [0.1, 0.15) is 0 Å². The van der Waals surface area contributed by atoms with Gasteiger partial charge in [-0.3, -0.25) is 4.79 Å². The number of carbonyl (C=O) groups excluding carboxylic acids is 1. The summed E-state index contributed by atoms with van der Waals surface area (Å²) in [6.45, 7) is 0.745. The molecule has 1 atom stereocenters. The maximum absolute atomic E-state index is 11.9. The summed E-state index contributed by atoms with van der Waals surface area (Å²) in [5, 5.41) is 3.06. The standard InChI is InChI=1S/C14H27N3O/c1-17(2)12(11-6-4-3-5-7-11)10-16-13(18)14(15)8-9-14/h11-12H,3-10,15H2,1-2H3,(H,16,18). The summed E-state index contributed by atoms with van der Waals surface area (Å²) >= 11 is 0. The minimum absolute atomic E-state index is 0.0464. The van der Waals surface area contributed by atoms with Crippen molar-refractivity contribution < 1.29 is 4.79 Å². The quantitative estimate of drug-likeness (QED) is 0.771. The topological polar surface area (TPSA) is 58.4 Å². The predicted octanol–water partition coefficient (Wildman–Crippen LogP) is 1.10. The molecule has 0 aliphatic heterocycles. The molecule has 4 nitrogen and oxygen atoms in total. The summed E-state index contributed by atoms with van der Waals surface area (Å²) < 4.78 is 0. The summed E-state index contributed by atoms with van der Waals surface area (Å²) in [4.78, 5) is 14.1. The van der Waals surface area contributed by atoms with E-state index >= 15 is 0 Å². The Morgan fingerprint density at radius 1 is 1.33 bits per heavy atom. The normalized spacial score (nSPS) is 24.9. The van der Waals surface area contributed by atoms with Gasteiger partial charge in [0.2, 0.25) is 5.91 Å². The molecule has 18 heavy (non-hydrogen) atoms. The third-order valence-corrected chi connectivity index (χ3v) is 4.57. The molecule has 0 saturated heterocycles. The molecule has 104 valence electrons. The monoisotopic (exact) mass is 253 g/mol. The second-order valence-electron chi connectivity index (χ2n) is 6.30. The minimum atomic E-state index is -0.538. The molecule has 3 N–H and O–H groups in total. The largest absolute Gasteiger partial charge is 0.353 e. The molecule has 0 spiro atoms. The van der Waals surface area contributed by atoms with Gasteiger partial charge in [0.05, 0.1) is 5.54 Å². The summed E-state index contributed by atoms with van der Waals surface area (Å²) in [7, 11) is 4.22. The van der Waals surface area contributed by atoms with E-state index in [-0.39, 0.29) is 5.91 Å². The first kappa shape index (κ1) is 13.8. The Bertz CT molecular complexity index is 293. The first-order valence-electron chi connectivity index (χ1n) is 7.26. The zero-order valence-electron chi connectivity index (χ0n) is 11.7. The Labute approximate surface area is 110 Å². The molecule has 0 aromatic carbocycles. The SMILES string of the molecule is CN(C)C(CNC(=O)C1(N)CC1)C1CCCCC1. The minimum Gasteiger partial charge on any atom is -0.353 e. The van der Waals surface area contributed by atoms with Crippen LogP contribution in [0.5, 0.6) is 0 Å². The molecule has 0 radical (unpaired) electrons. The van der Waals surface area contributed by atoms with Gasteiger partial charge in [0.25, 0.3) is 0 Å². The predicted molar refractivity (Wildman–Crippen MR) is 73.2 cm³/mol. The zero-order chi connectivity index (χ0) is 13.2. The van der Waals surface area contributed by atoms with Crippen LogP contribution in [-0.4, -0.2) is 43.0 Å². The van der Waals surface area contributed by atoms with Gasteiger partial charge in [0.15, 0.2) is 0 Å². The van der Waals surface area contributed by atoms with Gasteiger partial charge in [0, 0.05) is 12.6 Å². The number of hydrogen-bond donors (Lipinski definition) is 2. The maximum Gasteiger partial charge on any atom is 0.240 e. The molecule has 2 aliphatic rings. The molecule has 1 amide bonds. The molecule has 2 rings (SSSR count). The number of rotatable bonds is 5. The van der Waals surface area contributed by atoms with Crippen LogP contribution in [-0.2, 0) is 4.79 Å². The van der Waals surface area contributed by atoms with Crippen molar-refractivity contribution in [1.29, 1.82) is 0 Å². The summed E-state index contributed by atoms with van der Waals surface area (Å²) in [5.74, 6) is 0.770. The average Bonchev–Trinajstić information content (AvgIpc) is 3.10. The first-order chi connectivity index (χ1) is 8.53. The van der Waals surface area contributed by atoms with Crippen LogP contribution in [0.15, 0.2) is 0 Å². The third kappa shape index (κ3) is 3.23. The number of amides is 1. The Hall–Kier alpha value is -0.610. The van der Waals surface area contributed by atoms with Crippen molar-refractivity contribution in [2.75, 3.05) is 20.6 Å². The summed E-state index contributed by atoms with van der Waals surface area (Å²) in [6.07, 6.45) is 8.32. The highest BCUT2D eigenvalue weighted by Gasteiger charge is 2.46. The highest BCUT2D eigenvalue weighted by atomic mass is 16.2. The Balaban J connectivity index is 1.83. The van der Waals surface area contributed by atoms with Gasteiger partial charge in [-0.05, 0) is 45.7 Å². The number of carbonyl (C=O) groups is 1. The van der Waals surface area contributed by atoms with Gasteiger partial charge < -0.3 is 16.0 Å². The summed E-state index contributed by atoms with van der Waals surface area (Å²) in [5.41, 5.74) is 5.37. The van der Waals surface area contributed by atoms with Crippen LogP contribution >= 0.6 is 0 Å². The van der Waals surface area contributed by atoms with E-state index in [2.05, 4.69) is 24.3 Å². The molecule has 0 aromatic heterocycles. The Morgan fingerprint density at radius 2 is 1.94 bits per heavy atom. The van der Waals surface area contributed by atoms with Crippen LogP contribution in [0.3, 0.4) is 0 Å². The van der Waals surface area contributed by atoms with Gasteiger partial charge >= 0.3 is 0 Å². The fraction of sp³-hybridized carbons (Fsp3) is 0.929. The van der Waals surface area contributed by atoms with E-state index in [0.717, 1.165) is 25.3 Å². The summed E-state index contributed by atoms with van der Waals surface area (Å²) in [6, 6.07) is 0.455. The van der Waals surface area contributed by atoms with Crippen LogP contribution in [0.2, 0.25) is 0 Å². The lowest BCUT2D eigenvalue weighted by Gasteiger charge is -2.35. The van der Waals surface area contributed by atoms with Crippen LogP contribution < -0.4 is 11.1 Å². The molecule has 2 saturated carbocycles. The zero-order valence-corrected chi connectivity index (χ0v) is 11.7. The number of hydrogen-bond acceptors (Lipinski definition) is 3. The molecule has 0 bridgehead atoms. The van der Waals surface area contributed by atoms with Crippen LogP contribution in [0.1, 0.15) is 44.9 Å². The Kier molecular flexibility index (Phi) is 4.28. The van der Waals surface area contributed by atoms with Crippen molar-refractivity contribution in [2.45, 2.75) is 56.5 Å². The smallest absolute Gasteiger partial charge is 0.240 e. The average molecular weight is 253 g/mol. The lowest BCUT2D eigenvalue weighted by atomic mass is 9.83. The highest BCUT2D eigenvalue weighted by Crippen LogP contribution is 2.32. The van der Waals surface area contributed by atoms with Gasteiger partial charge in [-0.2, -0.15) is 0 Å². The van der Waals surface area contributed by atoms with Crippen molar-refractivity contribution in [3.8, 4) is 0 Å². The van der Waals surface area contributed by atoms with E-state index in [1.807, 2.05) is 0 Å². The lowest BCUT2D eigenvalue weighted by molar-refractivity contribution is -0.123. The number of nitrogens with zero attached hydrogens (tertiary/aromatic N) is 1. The van der Waals surface area contributed by atoms with Crippen LogP contribution in [0.25, 0.3) is 0 Å².